The van der Waals surface area contributed by atoms with Gasteiger partial charge in [0.05, 0.1) is 102 Å². The van der Waals surface area contributed by atoms with E-state index in [1.165, 1.54) is 49.9 Å². The zero-order chi connectivity index (χ0) is 34.7. The van der Waals surface area contributed by atoms with Gasteiger partial charge in [0.25, 0.3) is 0 Å². The molecule has 1 aromatic carbocycles. The number of rotatable bonds is 24. The van der Waals surface area contributed by atoms with Gasteiger partial charge in [-0.15, -0.1) is 0 Å². The van der Waals surface area contributed by atoms with E-state index in [0.717, 1.165) is 130 Å². The van der Waals surface area contributed by atoms with Gasteiger partial charge in [-0.2, -0.15) is 0 Å². The minimum Gasteiger partial charge on any atom is -0.372 e. The molecular weight excluding hydrogens is 664 g/mol. The molecule has 8 aliphatic heterocycles. The van der Waals surface area contributed by atoms with Crippen LogP contribution < -0.4 is 0 Å². The van der Waals surface area contributed by atoms with Crippen LogP contribution in [0.1, 0.15) is 38.2 Å². The van der Waals surface area contributed by atoms with Crippen molar-refractivity contribution in [3.63, 3.8) is 0 Å². The highest BCUT2D eigenvalue weighted by Crippen LogP contribution is 2.32. The highest BCUT2D eigenvalue weighted by atomic mass is 16.6. The summed E-state index contributed by atoms with van der Waals surface area (Å²) < 4.78 is 43.6. The lowest BCUT2D eigenvalue weighted by atomic mass is 9.80. The van der Waals surface area contributed by atoms with Crippen LogP contribution in [0.25, 0.3) is 0 Å². The molecule has 10 rings (SSSR count). The van der Waals surface area contributed by atoms with Crippen LogP contribution in [0, 0.1) is 11.8 Å². The molecule has 1 aliphatic carbocycles. The van der Waals surface area contributed by atoms with E-state index in [9.17, 15) is 0 Å². The normalized spacial score (nSPS) is 36.2. The van der Waals surface area contributed by atoms with Gasteiger partial charge < -0.3 is 37.9 Å². The fourth-order valence-corrected chi connectivity index (χ4v) is 8.35. The summed E-state index contributed by atoms with van der Waals surface area (Å²) in [6.07, 6.45) is 9.17. The van der Waals surface area contributed by atoms with Crippen LogP contribution in [0.3, 0.4) is 0 Å². The third-order valence-electron chi connectivity index (χ3n) is 11.6. The Morgan fingerprint density at radius 2 is 0.712 bits per heavy atom. The average Bonchev–Trinajstić information content (AvgIpc) is 3.91. The Kier molecular flexibility index (Phi) is 12.1. The second-order valence-corrected chi connectivity index (χ2v) is 17.2. The van der Waals surface area contributed by atoms with Crippen LogP contribution in [0.2, 0.25) is 0 Å². The van der Waals surface area contributed by atoms with E-state index in [2.05, 4.69) is 43.9 Å². The van der Waals surface area contributed by atoms with Crippen molar-refractivity contribution in [1.82, 2.24) is 19.6 Å². The van der Waals surface area contributed by atoms with Crippen molar-refractivity contribution in [2.75, 3.05) is 118 Å². The number of epoxide rings is 8. The van der Waals surface area contributed by atoms with E-state index < -0.39 is 0 Å². The molecule has 1 saturated carbocycles. The van der Waals surface area contributed by atoms with Crippen molar-refractivity contribution in [3.8, 4) is 0 Å². The van der Waals surface area contributed by atoms with Crippen LogP contribution in [-0.4, -0.2) is 187 Å². The zero-order valence-electron chi connectivity index (χ0n) is 31.1. The van der Waals surface area contributed by atoms with Crippen LogP contribution >= 0.6 is 0 Å². The molecule has 0 amide bonds. The van der Waals surface area contributed by atoms with Crippen molar-refractivity contribution < 1.29 is 39.3 Å². The summed E-state index contributed by atoms with van der Waals surface area (Å²) >= 11 is 0. The monoisotopic (exact) mass is 728 g/mol. The molecular formula is C40H64N4O8. The van der Waals surface area contributed by atoms with Gasteiger partial charge in [-0.1, -0.05) is 30.7 Å². The van der Waals surface area contributed by atoms with Gasteiger partial charge >= 0.3 is 0 Å². The SMILES string of the molecule is C1CC(CN(CC2CO2)CC2CO2)CC(CN(CC2CO2)CC2CO2)C1.[HH].c1cc(CN(CC2CO2)CC2CO2)cc(CN(CC2CO2)CC2CO2)c1. The van der Waals surface area contributed by atoms with Gasteiger partial charge in [0, 0.05) is 80.0 Å². The van der Waals surface area contributed by atoms with E-state index >= 15 is 0 Å². The Hall–Kier alpha value is -1.26. The van der Waals surface area contributed by atoms with Crippen LogP contribution in [-0.2, 0) is 51.0 Å². The molecule has 1 aromatic rings. The molecule has 0 aromatic heterocycles. The maximum Gasteiger partial charge on any atom is 0.0936 e. The Bertz CT molecular complexity index is 1130. The van der Waals surface area contributed by atoms with Gasteiger partial charge in [0.2, 0.25) is 0 Å². The summed E-state index contributed by atoms with van der Waals surface area (Å²) in [5, 5.41) is 0. The first-order chi connectivity index (χ1) is 25.6. The number of nitrogens with zero attached hydrogens (tertiary/aromatic N) is 4. The minimum atomic E-state index is 0. The Labute approximate surface area is 311 Å². The third-order valence-corrected chi connectivity index (χ3v) is 11.6. The topological polar surface area (TPSA) is 113 Å². The summed E-state index contributed by atoms with van der Waals surface area (Å²) in [4.78, 5) is 10.2. The Morgan fingerprint density at radius 3 is 1.00 bits per heavy atom. The first-order valence-electron chi connectivity index (χ1n) is 20.5. The lowest BCUT2D eigenvalue weighted by Crippen LogP contribution is -2.40. The van der Waals surface area contributed by atoms with Crippen molar-refractivity contribution in [2.24, 2.45) is 11.8 Å². The van der Waals surface area contributed by atoms with Crippen molar-refractivity contribution >= 4 is 0 Å². The first-order valence-corrected chi connectivity index (χ1v) is 20.5. The Morgan fingerprint density at radius 1 is 0.423 bits per heavy atom. The molecule has 10 atom stereocenters. The van der Waals surface area contributed by atoms with Gasteiger partial charge in [0.15, 0.2) is 0 Å². The van der Waals surface area contributed by atoms with E-state index in [-0.39, 0.29) is 1.43 Å². The number of hydrogen-bond donors (Lipinski definition) is 0. The lowest BCUT2D eigenvalue weighted by Gasteiger charge is -2.35. The van der Waals surface area contributed by atoms with Crippen LogP contribution in [0.5, 0.6) is 0 Å². The van der Waals surface area contributed by atoms with Crippen molar-refractivity contribution in [2.45, 2.75) is 87.6 Å². The van der Waals surface area contributed by atoms with Crippen molar-refractivity contribution in [3.05, 3.63) is 35.4 Å². The first kappa shape index (κ1) is 36.4. The van der Waals surface area contributed by atoms with Gasteiger partial charge in [-0.25, -0.2) is 0 Å². The molecule has 292 valence electrons. The molecule has 9 fully saturated rings. The summed E-state index contributed by atoms with van der Waals surface area (Å²) in [5.41, 5.74) is 2.74. The van der Waals surface area contributed by atoms with Gasteiger partial charge in [0.1, 0.15) is 0 Å². The highest BCUT2D eigenvalue weighted by Gasteiger charge is 2.36. The predicted octanol–water partition coefficient (Wildman–Crippen LogP) is 2.12. The summed E-state index contributed by atoms with van der Waals surface area (Å²) in [5.74, 6) is 1.67. The largest absolute Gasteiger partial charge is 0.372 e. The molecule has 9 aliphatic rings. The molecule has 10 unspecified atom stereocenters. The van der Waals surface area contributed by atoms with E-state index in [0.29, 0.717) is 48.8 Å². The highest BCUT2D eigenvalue weighted by molar-refractivity contribution is 5.23. The number of benzene rings is 1. The standard InChI is InChI=1S/C20H34N2O4.C20H28N2O4.H2/c2*1-2-15(5-21(7-17-11-23-17)8-18-12-24-18)4-16(3-1)6-22(9-19-13-25-19)10-20-14-26-20;/h15-20H,1-14H2;1-4,17-20H,5-14H2;1H. The quantitative estimate of drug-likeness (QED) is 0.146. The summed E-state index contributed by atoms with van der Waals surface area (Å²) in [6.45, 7) is 20.3. The fraction of sp³-hybridized carbons (Fsp3) is 0.850. The number of hydrogen-bond acceptors (Lipinski definition) is 12. The lowest BCUT2D eigenvalue weighted by molar-refractivity contribution is 0.125. The second kappa shape index (κ2) is 17.3. The summed E-state index contributed by atoms with van der Waals surface area (Å²) in [6, 6.07) is 9.00. The molecule has 52 heavy (non-hydrogen) atoms. The average molecular weight is 729 g/mol. The molecule has 0 N–H and O–H groups in total. The van der Waals surface area contributed by atoms with E-state index in [4.69, 9.17) is 37.9 Å². The predicted molar refractivity (Wildman–Crippen MR) is 195 cm³/mol. The molecule has 0 bridgehead atoms. The van der Waals surface area contributed by atoms with Crippen molar-refractivity contribution in [1.29, 1.82) is 0 Å². The van der Waals surface area contributed by atoms with Gasteiger partial charge in [-0.05, 0) is 42.2 Å². The zero-order valence-corrected chi connectivity index (χ0v) is 31.1. The number of ether oxygens (including phenoxy) is 8. The minimum absolute atomic E-state index is 0. The molecule has 0 radical (unpaired) electrons. The fourth-order valence-electron chi connectivity index (χ4n) is 8.35. The summed E-state index contributed by atoms with van der Waals surface area (Å²) in [7, 11) is 0. The molecule has 8 heterocycles. The maximum atomic E-state index is 5.48. The van der Waals surface area contributed by atoms with E-state index in [1.54, 1.807) is 0 Å². The molecule has 12 nitrogen and oxygen atoms in total. The maximum absolute atomic E-state index is 5.48. The molecule has 12 heteroatoms. The van der Waals surface area contributed by atoms with Crippen LogP contribution in [0.15, 0.2) is 24.3 Å². The van der Waals surface area contributed by atoms with Crippen LogP contribution in [0.4, 0.5) is 0 Å². The molecule has 8 saturated heterocycles. The van der Waals surface area contributed by atoms with Gasteiger partial charge in [-0.3, -0.25) is 19.6 Å². The Balaban J connectivity index is 0.000000148. The third kappa shape index (κ3) is 13.5. The smallest absolute Gasteiger partial charge is 0.0936 e. The second-order valence-electron chi connectivity index (χ2n) is 17.2. The molecule has 0 spiro atoms. The van der Waals surface area contributed by atoms with E-state index in [1.807, 2.05) is 0 Å².